The zero-order valence-electron chi connectivity index (χ0n) is 22.2. The molecule has 40 heavy (non-hydrogen) atoms. The fourth-order valence-corrected chi connectivity index (χ4v) is 4.75. The van der Waals surface area contributed by atoms with Crippen LogP contribution in [0.5, 0.6) is 0 Å². The molecule has 2 heterocycles. The molecule has 2 aromatic carbocycles. The van der Waals surface area contributed by atoms with Crippen molar-refractivity contribution >= 4 is 28.5 Å². The Morgan fingerprint density at radius 3 is 2.62 bits per heavy atom. The molecule has 0 atom stereocenters. The number of esters is 2. The standard InChI is InChI=1S/C31H31N3O6/c32-12-4-14-39-16-15-38-13-3-5-21-8-11-28-25(17-21)29(35)26(20-34(28)24-9-10-24)31(37)40-30(36)23-18-22-6-1-2-7-27(22)33-19-23/h1-2,6-8,11,17,19-20,24,33H,3-5,9-10,13-16,18H2. The number of nitriles is 1. The van der Waals surface area contributed by atoms with E-state index in [-0.39, 0.29) is 11.6 Å². The molecule has 0 spiro atoms. The van der Waals surface area contributed by atoms with E-state index in [9.17, 15) is 14.4 Å². The van der Waals surface area contributed by atoms with Crippen LogP contribution in [-0.4, -0.2) is 42.9 Å². The van der Waals surface area contributed by atoms with Crippen LogP contribution >= 0.6 is 0 Å². The molecule has 2 aliphatic rings. The summed E-state index contributed by atoms with van der Waals surface area (Å²) in [5, 5.41) is 12.0. The van der Waals surface area contributed by atoms with Crippen molar-refractivity contribution in [2.45, 2.75) is 44.6 Å². The maximum Gasteiger partial charge on any atom is 0.351 e. The third kappa shape index (κ3) is 6.47. The number of ether oxygens (including phenoxy) is 3. The Bertz CT molecular complexity index is 1550. The molecule has 1 aromatic heterocycles. The number of nitrogens with zero attached hydrogens (tertiary/aromatic N) is 2. The van der Waals surface area contributed by atoms with Gasteiger partial charge in [-0.05, 0) is 55.0 Å². The van der Waals surface area contributed by atoms with Gasteiger partial charge in [0.25, 0.3) is 0 Å². The second kappa shape index (κ2) is 12.7. The largest absolute Gasteiger partial charge is 0.386 e. The highest BCUT2D eigenvalue weighted by molar-refractivity contribution is 6.04. The van der Waals surface area contributed by atoms with E-state index in [2.05, 4.69) is 5.32 Å². The van der Waals surface area contributed by atoms with Gasteiger partial charge in [-0.25, -0.2) is 9.59 Å². The average molecular weight is 542 g/mol. The summed E-state index contributed by atoms with van der Waals surface area (Å²) >= 11 is 0. The summed E-state index contributed by atoms with van der Waals surface area (Å²) < 4.78 is 18.0. The number of benzene rings is 2. The van der Waals surface area contributed by atoms with Gasteiger partial charge in [0.2, 0.25) is 5.43 Å². The van der Waals surface area contributed by atoms with Crippen LogP contribution in [0.15, 0.2) is 65.2 Å². The van der Waals surface area contributed by atoms with Gasteiger partial charge in [0, 0.05) is 42.5 Å². The number of nitrogens with one attached hydrogen (secondary N) is 1. The fourth-order valence-electron chi connectivity index (χ4n) is 4.75. The molecule has 1 aliphatic heterocycles. The minimum absolute atomic E-state index is 0.144. The van der Waals surface area contributed by atoms with Crippen LogP contribution in [0, 0.1) is 11.3 Å². The third-order valence-electron chi connectivity index (χ3n) is 6.99. The summed E-state index contributed by atoms with van der Waals surface area (Å²) in [6, 6.07) is 15.6. The number of para-hydroxylation sites is 1. The van der Waals surface area contributed by atoms with Crippen molar-refractivity contribution in [3.8, 4) is 6.07 Å². The maximum atomic E-state index is 13.5. The lowest BCUT2D eigenvalue weighted by molar-refractivity contribution is -0.133. The predicted octanol–water partition coefficient (Wildman–Crippen LogP) is 4.45. The zero-order valence-corrected chi connectivity index (χ0v) is 22.2. The second-order valence-electron chi connectivity index (χ2n) is 9.92. The summed E-state index contributed by atoms with van der Waals surface area (Å²) in [5.74, 6) is -1.71. The Labute approximate surface area is 232 Å². The first-order chi connectivity index (χ1) is 19.5. The molecule has 0 amide bonds. The molecule has 9 nitrogen and oxygen atoms in total. The number of fused-ring (bicyclic) bond motifs is 2. The topological polar surface area (TPSA) is 120 Å². The van der Waals surface area contributed by atoms with E-state index in [1.165, 1.54) is 6.20 Å². The van der Waals surface area contributed by atoms with Crippen molar-refractivity contribution < 1.29 is 23.8 Å². The Morgan fingerprint density at radius 2 is 1.82 bits per heavy atom. The number of hydrogen-bond acceptors (Lipinski definition) is 8. The molecular formula is C31H31N3O6. The average Bonchev–Trinajstić information content (AvgIpc) is 3.82. The summed E-state index contributed by atoms with van der Waals surface area (Å²) in [4.78, 5) is 39.4. The number of anilines is 1. The van der Waals surface area contributed by atoms with E-state index in [1.54, 1.807) is 6.20 Å². The zero-order chi connectivity index (χ0) is 27.9. The lowest BCUT2D eigenvalue weighted by atomic mass is 10.0. The van der Waals surface area contributed by atoms with E-state index >= 15 is 0 Å². The van der Waals surface area contributed by atoms with Gasteiger partial charge in [-0.1, -0.05) is 24.3 Å². The molecule has 0 unspecified atom stereocenters. The molecule has 5 rings (SSSR count). The Hall–Kier alpha value is -4.26. The van der Waals surface area contributed by atoms with Gasteiger partial charge < -0.3 is 24.1 Å². The molecule has 0 saturated heterocycles. The monoisotopic (exact) mass is 541 g/mol. The number of carbonyl (C=O) groups is 2. The lowest BCUT2D eigenvalue weighted by Gasteiger charge is -2.17. The van der Waals surface area contributed by atoms with Gasteiger partial charge in [-0.3, -0.25) is 4.79 Å². The van der Waals surface area contributed by atoms with Crippen LogP contribution in [0.4, 0.5) is 5.69 Å². The van der Waals surface area contributed by atoms with Crippen molar-refractivity contribution in [2.75, 3.05) is 31.7 Å². The van der Waals surface area contributed by atoms with Crippen LogP contribution in [0.25, 0.3) is 10.9 Å². The van der Waals surface area contributed by atoms with E-state index in [4.69, 9.17) is 19.5 Å². The molecule has 0 radical (unpaired) electrons. The van der Waals surface area contributed by atoms with Crippen LogP contribution in [0.1, 0.15) is 53.2 Å². The van der Waals surface area contributed by atoms with E-state index in [0.717, 1.165) is 41.6 Å². The normalized spacial score (nSPS) is 14.1. The highest BCUT2D eigenvalue weighted by Gasteiger charge is 2.28. The van der Waals surface area contributed by atoms with Crippen LogP contribution in [0.2, 0.25) is 0 Å². The molecule has 0 bridgehead atoms. The van der Waals surface area contributed by atoms with E-state index in [0.29, 0.717) is 56.6 Å². The first-order valence-electron chi connectivity index (χ1n) is 13.6. The number of pyridine rings is 1. The molecule has 9 heteroatoms. The molecule has 206 valence electrons. The van der Waals surface area contributed by atoms with Gasteiger partial charge >= 0.3 is 11.9 Å². The minimum atomic E-state index is -0.943. The summed E-state index contributed by atoms with van der Waals surface area (Å²) in [5.41, 5.74) is 3.27. The Morgan fingerprint density at radius 1 is 1.02 bits per heavy atom. The van der Waals surface area contributed by atoms with Crippen molar-refractivity contribution in [2.24, 2.45) is 0 Å². The first-order valence-corrected chi connectivity index (χ1v) is 13.6. The summed E-state index contributed by atoms with van der Waals surface area (Å²) in [6.07, 6.45) is 7.15. The number of aryl methyl sites for hydroxylation is 1. The Kier molecular flexibility index (Phi) is 8.69. The second-order valence-corrected chi connectivity index (χ2v) is 9.92. The number of carbonyl (C=O) groups excluding carboxylic acids is 2. The van der Waals surface area contributed by atoms with Gasteiger partial charge in [0.15, 0.2) is 0 Å². The van der Waals surface area contributed by atoms with Crippen LogP contribution in [0.3, 0.4) is 0 Å². The maximum absolute atomic E-state index is 13.5. The lowest BCUT2D eigenvalue weighted by Crippen LogP contribution is -2.24. The molecule has 3 aromatic rings. The van der Waals surface area contributed by atoms with Gasteiger partial charge in [-0.15, -0.1) is 0 Å². The quantitative estimate of drug-likeness (QED) is 0.203. The number of hydrogen-bond donors (Lipinski definition) is 1. The highest BCUT2D eigenvalue weighted by atomic mass is 16.6. The molecule has 1 aliphatic carbocycles. The van der Waals surface area contributed by atoms with Gasteiger partial charge in [0.05, 0.1) is 43.4 Å². The molecular weight excluding hydrogens is 510 g/mol. The fraction of sp³-hybridized carbons (Fsp3) is 0.355. The van der Waals surface area contributed by atoms with Crippen molar-refractivity contribution in [3.63, 3.8) is 0 Å². The molecule has 1 N–H and O–H groups in total. The molecule has 1 fully saturated rings. The third-order valence-corrected chi connectivity index (χ3v) is 6.99. The summed E-state index contributed by atoms with van der Waals surface area (Å²) in [6.45, 7) is 1.85. The number of rotatable bonds is 12. The van der Waals surface area contributed by atoms with Crippen molar-refractivity contribution in [1.29, 1.82) is 5.26 Å². The first kappa shape index (κ1) is 27.3. The summed E-state index contributed by atoms with van der Waals surface area (Å²) in [7, 11) is 0. The number of aromatic nitrogens is 1. The van der Waals surface area contributed by atoms with E-state index in [1.807, 2.05) is 53.1 Å². The predicted molar refractivity (Wildman–Crippen MR) is 149 cm³/mol. The minimum Gasteiger partial charge on any atom is -0.386 e. The van der Waals surface area contributed by atoms with Gasteiger partial charge in [-0.2, -0.15) is 5.26 Å². The molecule has 1 saturated carbocycles. The highest BCUT2D eigenvalue weighted by Crippen LogP contribution is 2.37. The van der Waals surface area contributed by atoms with Crippen LogP contribution in [-0.2, 0) is 31.8 Å². The Balaban J connectivity index is 1.26. The van der Waals surface area contributed by atoms with Crippen LogP contribution < -0.4 is 10.7 Å². The van der Waals surface area contributed by atoms with E-state index < -0.39 is 17.4 Å². The smallest absolute Gasteiger partial charge is 0.351 e. The van der Waals surface area contributed by atoms with Crippen molar-refractivity contribution in [1.82, 2.24) is 4.57 Å². The van der Waals surface area contributed by atoms with Crippen molar-refractivity contribution in [3.05, 3.63) is 87.3 Å². The SMILES string of the molecule is N#CCCOCCOCCCc1ccc2c(c1)c(=O)c(C(=O)OC(=O)C1=CNc3ccccc3C1)cn2C1CC1. The van der Waals surface area contributed by atoms with Gasteiger partial charge in [0.1, 0.15) is 5.56 Å².